The van der Waals surface area contributed by atoms with Crippen molar-refractivity contribution in [2.24, 2.45) is 11.8 Å². The molecule has 0 saturated carbocycles. The number of benzene rings is 1. The summed E-state index contributed by atoms with van der Waals surface area (Å²) in [5, 5.41) is 3.41. The highest BCUT2D eigenvalue weighted by Crippen LogP contribution is 2.25. The zero-order valence-corrected chi connectivity index (χ0v) is 13.8. The quantitative estimate of drug-likeness (QED) is 0.904. The number of carbonyl (C=O) groups excluding carboxylic acids is 1. The van der Waals surface area contributed by atoms with E-state index in [1.165, 1.54) is 25.0 Å². The molecule has 0 spiro atoms. The Kier molecular flexibility index (Phi) is 5.95. The van der Waals surface area contributed by atoms with Crippen LogP contribution in [0.15, 0.2) is 24.3 Å². The Hall–Kier alpha value is -1.42. The summed E-state index contributed by atoms with van der Waals surface area (Å²) in [6.45, 7) is 6.27. The maximum atomic E-state index is 13.0. The van der Waals surface area contributed by atoms with Gasteiger partial charge >= 0.3 is 0 Å². The predicted molar refractivity (Wildman–Crippen MR) is 87.0 cm³/mol. The van der Waals surface area contributed by atoms with Crippen molar-refractivity contribution in [3.8, 4) is 0 Å². The van der Waals surface area contributed by atoms with E-state index in [9.17, 15) is 9.18 Å². The average Bonchev–Trinajstić information content (AvgIpc) is 2.55. The number of carbonyl (C=O) groups is 1. The number of halogens is 1. The molecule has 1 fully saturated rings. The average molecular weight is 306 g/mol. The fourth-order valence-electron chi connectivity index (χ4n) is 3.13. The van der Waals surface area contributed by atoms with Crippen LogP contribution < -0.4 is 5.32 Å². The van der Waals surface area contributed by atoms with Crippen LogP contribution in [0.3, 0.4) is 0 Å². The second-order valence-electron chi connectivity index (χ2n) is 6.52. The first-order valence-electron chi connectivity index (χ1n) is 8.21. The van der Waals surface area contributed by atoms with Crippen molar-refractivity contribution in [2.45, 2.75) is 39.2 Å². The van der Waals surface area contributed by atoms with Crippen molar-refractivity contribution >= 4 is 5.91 Å². The Balaban J connectivity index is 1.91. The van der Waals surface area contributed by atoms with Gasteiger partial charge in [0.1, 0.15) is 5.82 Å². The van der Waals surface area contributed by atoms with Crippen LogP contribution in [0.25, 0.3) is 0 Å². The molecule has 1 heterocycles. The van der Waals surface area contributed by atoms with Gasteiger partial charge in [0, 0.05) is 13.5 Å². The van der Waals surface area contributed by atoms with Gasteiger partial charge in [0.2, 0.25) is 5.91 Å². The molecule has 3 atom stereocenters. The molecule has 0 bridgehead atoms. The standard InChI is InChI=1S/C18H27FN2O/c1-13(16-5-4-10-20-12-16)11-18(22)21(3)14(2)15-6-8-17(19)9-7-15/h6-9,13-14,16,20H,4-5,10-12H2,1-3H3. The Morgan fingerprint density at radius 3 is 2.64 bits per heavy atom. The first kappa shape index (κ1) is 16.9. The van der Waals surface area contributed by atoms with E-state index in [0.717, 1.165) is 18.7 Å². The number of rotatable bonds is 5. The van der Waals surface area contributed by atoms with Gasteiger partial charge in [-0.2, -0.15) is 0 Å². The topological polar surface area (TPSA) is 32.3 Å². The predicted octanol–water partition coefficient (Wildman–Crippen LogP) is 3.37. The van der Waals surface area contributed by atoms with E-state index in [0.29, 0.717) is 18.3 Å². The SMILES string of the molecule is CC(CC(=O)N(C)C(C)c1ccc(F)cc1)C1CCCNC1. The molecule has 122 valence electrons. The highest BCUT2D eigenvalue weighted by Gasteiger charge is 2.25. The van der Waals surface area contributed by atoms with Gasteiger partial charge in [-0.3, -0.25) is 4.79 Å². The molecule has 1 aliphatic heterocycles. The normalized spacial score (nSPS) is 21.2. The summed E-state index contributed by atoms with van der Waals surface area (Å²) in [6, 6.07) is 6.35. The number of amides is 1. The highest BCUT2D eigenvalue weighted by molar-refractivity contribution is 5.76. The third-order valence-corrected chi connectivity index (χ3v) is 4.96. The molecule has 0 aliphatic carbocycles. The molecule has 1 aromatic carbocycles. The largest absolute Gasteiger partial charge is 0.339 e. The van der Waals surface area contributed by atoms with Gasteiger partial charge in [-0.15, -0.1) is 0 Å². The maximum absolute atomic E-state index is 13.0. The van der Waals surface area contributed by atoms with Crippen LogP contribution >= 0.6 is 0 Å². The van der Waals surface area contributed by atoms with Gasteiger partial charge < -0.3 is 10.2 Å². The van der Waals surface area contributed by atoms with Crippen molar-refractivity contribution in [2.75, 3.05) is 20.1 Å². The van der Waals surface area contributed by atoms with E-state index in [2.05, 4.69) is 12.2 Å². The fourth-order valence-corrected chi connectivity index (χ4v) is 3.13. The van der Waals surface area contributed by atoms with Crippen LogP contribution in [-0.4, -0.2) is 30.9 Å². The lowest BCUT2D eigenvalue weighted by atomic mass is 9.85. The molecule has 2 rings (SSSR count). The third-order valence-electron chi connectivity index (χ3n) is 4.96. The molecule has 1 aromatic rings. The van der Waals surface area contributed by atoms with Crippen LogP contribution in [0.5, 0.6) is 0 Å². The molecule has 22 heavy (non-hydrogen) atoms. The van der Waals surface area contributed by atoms with Crippen molar-refractivity contribution in [1.82, 2.24) is 10.2 Å². The van der Waals surface area contributed by atoms with Crippen LogP contribution in [0.2, 0.25) is 0 Å². The minimum absolute atomic E-state index is 0.0372. The van der Waals surface area contributed by atoms with E-state index >= 15 is 0 Å². The first-order valence-corrected chi connectivity index (χ1v) is 8.21. The molecule has 0 aromatic heterocycles. The minimum Gasteiger partial charge on any atom is -0.339 e. The fraction of sp³-hybridized carbons (Fsp3) is 0.611. The summed E-state index contributed by atoms with van der Waals surface area (Å²) in [7, 11) is 1.84. The van der Waals surface area contributed by atoms with Gasteiger partial charge in [-0.25, -0.2) is 4.39 Å². The molecular formula is C18H27FN2O. The molecular weight excluding hydrogens is 279 g/mol. The monoisotopic (exact) mass is 306 g/mol. The Bertz CT molecular complexity index is 482. The second-order valence-corrected chi connectivity index (χ2v) is 6.52. The number of hydrogen-bond acceptors (Lipinski definition) is 2. The molecule has 0 radical (unpaired) electrons. The van der Waals surface area contributed by atoms with Crippen LogP contribution in [0, 0.1) is 17.7 Å². The lowest BCUT2D eigenvalue weighted by molar-refractivity contribution is -0.133. The summed E-state index contributed by atoms with van der Waals surface area (Å²) >= 11 is 0. The molecule has 3 nitrogen and oxygen atoms in total. The Morgan fingerprint density at radius 2 is 2.05 bits per heavy atom. The molecule has 1 amide bonds. The van der Waals surface area contributed by atoms with E-state index in [-0.39, 0.29) is 17.8 Å². The van der Waals surface area contributed by atoms with Gasteiger partial charge in [0.05, 0.1) is 6.04 Å². The van der Waals surface area contributed by atoms with E-state index < -0.39 is 0 Å². The van der Waals surface area contributed by atoms with Crippen LogP contribution in [-0.2, 0) is 4.79 Å². The van der Waals surface area contributed by atoms with Crippen molar-refractivity contribution in [1.29, 1.82) is 0 Å². The number of nitrogens with zero attached hydrogens (tertiary/aromatic N) is 1. The van der Waals surface area contributed by atoms with Gasteiger partial charge in [0.25, 0.3) is 0 Å². The summed E-state index contributed by atoms with van der Waals surface area (Å²) in [4.78, 5) is 14.3. The molecule has 3 unspecified atom stereocenters. The van der Waals surface area contributed by atoms with Crippen LogP contribution in [0.1, 0.15) is 44.7 Å². The summed E-state index contributed by atoms with van der Waals surface area (Å²) < 4.78 is 13.0. The lowest BCUT2D eigenvalue weighted by Gasteiger charge is -2.31. The third kappa shape index (κ3) is 4.29. The second kappa shape index (κ2) is 7.73. The van der Waals surface area contributed by atoms with Crippen molar-refractivity contribution in [3.05, 3.63) is 35.6 Å². The summed E-state index contributed by atoms with van der Waals surface area (Å²) in [5.41, 5.74) is 0.962. The molecule has 1 N–H and O–H groups in total. The Labute approximate surface area is 132 Å². The van der Waals surface area contributed by atoms with Gasteiger partial charge in [0.15, 0.2) is 0 Å². The van der Waals surface area contributed by atoms with Crippen LogP contribution in [0.4, 0.5) is 4.39 Å². The smallest absolute Gasteiger partial charge is 0.223 e. The summed E-state index contributed by atoms with van der Waals surface area (Å²) in [5.74, 6) is 0.897. The van der Waals surface area contributed by atoms with Gasteiger partial charge in [-0.05, 0) is 62.4 Å². The maximum Gasteiger partial charge on any atom is 0.223 e. The molecule has 1 aliphatic rings. The number of hydrogen-bond donors (Lipinski definition) is 1. The van der Waals surface area contributed by atoms with Crippen molar-refractivity contribution < 1.29 is 9.18 Å². The van der Waals surface area contributed by atoms with E-state index in [1.54, 1.807) is 17.0 Å². The summed E-state index contributed by atoms with van der Waals surface area (Å²) in [6.07, 6.45) is 2.98. The number of nitrogens with one attached hydrogen (secondary N) is 1. The van der Waals surface area contributed by atoms with Crippen molar-refractivity contribution in [3.63, 3.8) is 0 Å². The highest BCUT2D eigenvalue weighted by atomic mass is 19.1. The zero-order chi connectivity index (χ0) is 16.1. The number of piperidine rings is 1. The van der Waals surface area contributed by atoms with E-state index in [1.807, 2.05) is 14.0 Å². The first-order chi connectivity index (χ1) is 10.5. The molecule has 1 saturated heterocycles. The zero-order valence-electron chi connectivity index (χ0n) is 13.8. The van der Waals surface area contributed by atoms with Gasteiger partial charge in [-0.1, -0.05) is 19.1 Å². The Morgan fingerprint density at radius 1 is 1.36 bits per heavy atom. The minimum atomic E-state index is -0.247. The molecule has 4 heteroatoms. The lowest BCUT2D eigenvalue weighted by Crippen LogP contribution is -2.36. The van der Waals surface area contributed by atoms with E-state index in [4.69, 9.17) is 0 Å².